The maximum absolute atomic E-state index is 11.7. The number of Topliss-reactive ketones (excluding diaryl/α,β-unsaturated/α-hetero) is 1. The van der Waals surface area contributed by atoms with Crippen LogP contribution >= 0.6 is 0 Å². The molecule has 0 aliphatic carbocycles. The first kappa shape index (κ1) is 13.7. The molecule has 3 heteroatoms. The van der Waals surface area contributed by atoms with Crippen molar-refractivity contribution < 1.29 is 4.79 Å². The molecule has 1 saturated heterocycles. The van der Waals surface area contributed by atoms with Crippen LogP contribution in [0, 0.1) is 5.92 Å². The highest BCUT2D eigenvalue weighted by Crippen LogP contribution is 2.12. The Balaban J connectivity index is 2.45. The van der Waals surface area contributed by atoms with Crippen molar-refractivity contribution >= 4 is 5.78 Å². The molecule has 0 amide bonds. The molecule has 1 fully saturated rings. The third kappa shape index (κ3) is 3.56. The van der Waals surface area contributed by atoms with Crippen LogP contribution in [0.25, 0.3) is 0 Å². The molecule has 3 nitrogen and oxygen atoms in total. The smallest absolute Gasteiger partial charge is 0.149 e. The summed E-state index contributed by atoms with van der Waals surface area (Å²) >= 11 is 0. The molecule has 0 aromatic carbocycles. The molecule has 16 heavy (non-hydrogen) atoms. The van der Waals surface area contributed by atoms with E-state index < -0.39 is 0 Å². The molecular weight excluding hydrogens is 200 g/mol. The van der Waals surface area contributed by atoms with Crippen LogP contribution in [-0.2, 0) is 4.79 Å². The van der Waals surface area contributed by atoms with Crippen molar-refractivity contribution in [1.29, 1.82) is 0 Å². The Hall–Kier alpha value is -0.410. The molecular formula is C13H26N2O. The first-order chi connectivity index (χ1) is 7.41. The molecule has 0 aromatic rings. The number of carbonyl (C=O) groups is 1. The van der Waals surface area contributed by atoms with Crippen LogP contribution < -0.4 is 0 Å². The molecule has 0 bridgehead atoms. The normalized spacial score (nSPS) is 24.3. The summed E-state index contributed by atoms with van der Waals surface area (Å²) in [4.78, 5) is 16.5. The summed E-state index contributed by atoms with van der Waals surface area (Å²) in [6, 6.07) is 1.12. The molecule has 1 aliphatic heterocycles. The van der Waals surface area contributed by atoms with Gasteiger partial charge in [-0.15, -0.1) is 0 Å². The second-order valence-corrected chi connectivity index (χ2v) is 5.53. The second kappa shape index (κ2) is 5.78. The Morgan fingerprint density at radius 1 is 1.25 bits per heavy atom. The quantitative estimate of drug-likeness (QED) is 0.728. The molecule has 0 saturated carbocycles. The van der Waals surface area contributed by atoms with Crippen LogP contribution in [0.2, 0.25) is 0 Å². The molecule has 94 valence electrons. The Morgan fingerprint density at radius 2 is 1.88 bits per heavy atom. The highest BCUT2D eigenvalue weighted by atomic mass is 16.1. The van der Waals surface area contributed by atoms with Crippen molar-refractivity contribution in [3.63, 3.8) is 0 Å². The number of ketones is 1. The van der Waals surface area contributed by atoms with Crippen molar-refractivity contribution in [3.05, 3.63) is 0 Å². The van der Waals surface area contributed by atoms with E-state index in [4.69, 9.17) is 0 Å². The molecule has 0 spiro atoms. The highest BCUT2D eigenvalue weighted by molar-refractivity contribution is 5.82. The van der Waals surface area contributed by atoms with Gasteiger partial charge in [-0.1, -0.05) is 13.8 Å². The number of hydrogen-bond acceptors (Lipinski definition) is 3. The van der Waals surface area contributed by atoms with Gasteiger partial charge in [-0.3, -0.25) is 14.6 Å². The number of hydrogen-bond donors (Lipinski definition) is 0. The van der Waals surface area contributed by atoms with Crippen molar-refractivity contribution in [2.45, 2.75) is 46.7 Å². The third-order valence-corrected chi connectivity index (χ3v) is 3.53. The van der Waals surface area contributed by atoms with Gasteiger partial charge >= 0.3 is 0 Å². The van der Waals surface area contributed by atoms with Gasteiger partial charge in [0.2, 0.25) is 0 Å². The van der Waals surface area contributed by atoms with Crippen molar-refractivity contribution in [1.82, 2.24) is 9.80 Å². The van der Waals surface area contributed by atoms with E-state index in [1.807, 2.05) is 13.8 Å². The maximum Gasteiger partial charge on any atom is 0.149 e. The predicted octanol–water partition coefficient (Wildman–Crippen LogP) is 1.63. The summed E-state index contributed by atoms with van der Waals surface area (Å²) in [6.45, 7) is 14.5. The minimum absolute atomic E-state index is 0.162. The standard InChI is InChI=1S/C13H26N2O/c1-10(2)13(16)9-15-7-6-14(11(3)4)8-12(15)5/h10-12H,6-9H2,1-5H3/t12-/m0/s1. The number of piperazine rings is 1. The lowest BCUT2D eigenvalue weighted by Crippen LogP contribution is -2.55. The van der Waals surface area contributed by atoms with E-state index in [1.165, 1.54) is 0 Å². The Kier molecular flexibility index (Phi) is 4.93. The van der Waals surface area contributed by atoms with E-state index in [2.05, 4.69) is 30.6 Å². The molecule has 1 heterocycles. The maximum atomic E-state index is 11.7. The van der Waals surface area contributed by atoms with Crippen LogP contribution in [-0.4, -0.2) is 53.8 Å². The average molecular weight is 226 g/mol. The number of carbonyl (C=O) groups excluding carboxylic acids is 1. The van der Waals surface area contributed by atoms with Crippen LogP contribution in [0.5, 0.6) is 0 Å². The Labute approximate surface area is 99.8 Å². The first-order valence-electron chi connectivity index (χ1n) is 6.42. The van der Waals surface area contributed by atoms with Crippen LogP contribution in [0.3, 0.4) is 0 Å². The molecule has 0 unspecified atom stereocenters. The summed E-state index contributed by atoms with van der Waals surface area (Å²) in [5.41, 5.74) is 0. The SMILES string of the molecule is CC(C)C(=O)CN1CCN(C(C)C)C[C@@H]1C. The highest BCUT2D eigenvalue weighted by Gasteiger charge is 2.26. The minimum atomic E-state index is 0.162. The zero-order valence-electron chi connectivity index (χ0n) is 11.4. The summed E-state index contributed by atoms with van der Waals surface area (Å²) in [5, 5.41) is 0. The summed E-state index contributed by atoms with van der Waals surface area (Å²) in [6.07, 6.45) is 0. The van der Waals surface area contributed by atoms with E-state index in [-0.39, 0.29) is 5.92 Å². The van der Waals surface area contributed by atoms with Gasteiger partial charge in [0.05, 0.1) is 6.54 Å². The van der Waals surface area contributed by atoms with Gasteiger partial charge in [-0.05, 0) is 20.8 Å². The van der Waals surface area contributed by atoms with Gasteiger partial charge in [0, 0.05) is 37.6 Å². The van der Waals surface area contributed by atoms with Crippen LogP contribution in [0.1, 0.15) is 34.6 Å². The Morgan fingerprint density at radius 3 is 2.31 bits per heavy atom. The van der Waals surface area contributed by atoms with Gasteiger partial charge in [-0.25, -0.2) is 0 Å². The third-order valence-electron chi connectivity index (χ3n) is 3.53. The first-order valence-corrected chi connectivity index (χ1v) is 6.42. The summed E-state index contributed by atoms with van der Waals surface area (Å²) in [7, 11) is 0. The van der Waals surface area contributed by atoms with E-state index in [0.29, 0.717) is 24.4 Å². The van der Waals surface area contributed by atoms with E-state index in [1.54, 1.807) is 0 Å². The van der Waals surface area contributed by atoms with Crippen molar-refractivity contribution in [2.75, 3.05) is 26.2 Å². The zero-order chi connectivity index (χ0) is 12.3. The van der Waals surface area contributed by atoms with Gasteiger partial charge in [0.15, 0.2) is 0 Å². The molecule has 0 aromatic heterocycles. The molecule has 0 radical (unpaired) electrons. The largest absolute Gasteiger partial charge is 0.298 e. The number of nitrogens with zero attached hydrogens (tertiary/aromatic N) is 2. The van der Waals surface area contributed by atoms with Gasteiger partial charge in [-0.2, -0.15) is 0 Å². The molecule has 1 atom stereocenters. The zero-order valence-corrected chi connectivity index (χ0v) is 11.4. The van der Waals surface area contributed by atoms with Crippen LogP contribution in [0.15, 0.2) is 0 Å². The number of rotatable bonds is 4. The molecule has 1 aliphatic rings. The topological polar surface area (TPSA) is 23.6 Å². The van der Waals surface area contributed by atoms with E-state index in [9.17, 15) is 4.79 Å². The lowest BCUT2D eigenvalue weighted by molar-refractivity contribution is -0.124. The van der Waals surface area contributed by atoms with Crippen molar-refractivity contribution in [3.8, 4) is 0 Å². The predicted molar refractivity (Wildman–Crippen MR) is 67.6 cm³/mol. The fourth-order valence-corrected chi connectivity index (χ4v) is 2.11. The van der Waals surface area contributed by atoms with E-state index >= 15 is 0 Å². The van der Waals surface area contributed by atoms with E-state index in [0.717, 1.165) is 19.6 Å². The lowest BCUT2D eigenvalue weighted by Gasteiger charge is -2.41. The average Bonchev–Trinajstić information content (AvgIpc) is 2.20. The monoisotopic (exact) mass is 226 g/mol. The second-order valence-electron chi connectivity index (χ2n) is 5.53. The molecule has 0 N–H and O–H groups in total. The van der Waals surface area contributed by atoms with Gasteiger partial charge in [0.25, 0.3) is 0 Å². The summed E-state index contributed by atoms with van der Waals surface area (Å²) in [5.74, 6) is 0.528. The fraction of sp³-hybridized carbons (Fsp3) is 0.923. The minimum Gasteiger partial charge on any atom is -0.298 e. The van der Waals surface area contributed by atoms with Crippen LogP contribution in [0.4, 0.5) is 0 Å². The fourth-order valence-electron chi connectivity index (χ4n) is 2.11. The van der Waals surface area contributed by atoms with Gasteiger partial charge in [0.1, 0.15) is 5.78 Å². The van der Waals surface area contributed by atoms with Crippen molar-refractivity contribution in [2.24, 2.45) is 5.92 Å². The Bertz CT molecular complexity index is 238. The molecule has 1 rings (SSSR count). The van der Waals surface area contributed by atoms with Gasteiger partial charge < -0.3 is 0 Å². The summed E-state index contributed by atoms with van der Waals surface area (Å²) < 4.78 is 0. The lowest BCUT2D eigenvalue weighted by atomic mass is 10.1.